The van der Waals surface area contributed by atoms with Gasteiger partial charge in [0.15, 0.2) is 0 Å². The highest BCUT2D eigenvalue weighted by Crippen LogP contribution is 2.39. The first-order chi connectivity index (χ1) is 30.7. The maximum Gasteiger partial charge on any atom is 0.312 e. The van der Waals surface area contributed by atoms with Crippen LogP contribution >= 0.6 is 0 Å². The molecule has 0 heterocycles. The van der Waals surface area contributed by atoms with Crippen LogP contribution in [0.15, 0.2) is 0 Å². The van der Waals surface area contributed by atoms with Crippen LogP contribution in [0.1, 0.15) is 368 Å². The van der Waals surface area contributed by atoms with Gasteiger partial charge in [0.1, 0.15) is 0 Å². The molecule has 0 aromatic carbocycles. The van der Waals surface area contributed by atoms with Crippen LogP contribution in [-0.2, 0) is 9.53 Å². The minimum Gasteiger partial charge on any atom is -0.465 e. The van der Waals surface area contributed by atoms with Gasteiger partial charge in [0, 0.05) is 0 Å². The molecule has 2 heteroatoms. The number of carbonyl (C=O) groups is 1. The number of ether oxygens (including phenoxy) is 1. The second kappa shape index (κ2) is 53.1. The van der Waals surface area contributed by atoms with E-state index in [9.17, 15) is 4.79 Å². The Morgan fingerprint density at radius 2 is 0.403 bits per heavy atom. The third-order valence-corrected chi connectivity index (χ3v) is 14.7. The molecule has 0 saturated heterocycles. The van der Waals surface area contributed by atoms with Crippen LogP contribution in [0.2, 0.25) is 0 Å². The molecule has 0 atom stereocenters. The zero-order valence-corrected chi connectivity index (χ0v) is 44.0. The molecule has 0 spiro atoms. The molecule has 0 unspecified atom stereocenters. The van der Waals surface area contributed by atoms with Crippen molar-refractivity contribution >= 4 is 5.97 Å². The van der Waals surface area contributed by atoms with E-state index in [2.05, 4.69) is 27.7 Å². The van der Waals surface area contributed by atoms with Gasteiger partial charge < -0.3 is 4.74 Å². The quantitative estimate of drug-likeness (QED) is 0.0450. The van der Waals surface area contributed by atoms with Gasteiger partial charge in [0.05, 0.1) is 12.0 Å². The van der Waals surface area contributed by atoms with Crippen LogP contribution in [0.5, 0.6) is 0 Å². The molecule has 372 valence electrons. The highest BCUT2D eigenvalue weighted by Gasteiger charge is 2.38. The van der Waals surface area contributed by atoms with E-state index in [1.165, 1.54) is 315 Å². The van der Waals surface area contributed by atoms with E-state index in [4.69, 9.17) is 4.74 Å². The van der Waals surface area contributed by atoms with Gasteiger partial charge >= 0.3 is 5.97 Å². The van der Waals surface area contributed by atoms with E-state index in [-0.39, 0.29) is 11.4 Å². The Bertz CT molecular complexity index is 788. The van der Waals surface area contributed by atoms with Crippen molar-refractivity contribution in [2.45, 2.75) is 368 Å². The molecule has 0 bridgehead atoms. The lowest BCUT2D eigenvalue weighted by Crippen LogP contribution is -2.34. The molecule has 2 nitrogen and oxygen atoms in total. The van der Waals surface area contributed by atoms with Crippen molar-refractivity contribution < 1.29 is 9.53 Å². The van der Waals surface area contributed by atoms with Crippen LogP contribution in [-0.4, -0.2) is 12.6 Å². The predicted octanol–water partition coefficient (Wildman–Crippen LogP) is 22.3. The van der Waals surface area contributed by atoms with Crippen molar-refractivity contribution in [3.63, 3.8) is 0 Å². The lowest BCUT2D eigenvalue weighted by molar-refractivity contribution is -0.158. The second-order valence-electron chi connectivity index (χ2n) is 20.9. The van der Waals surface area contributed by atoms with Crippen LogP contribution in [0.3, 0.4) is 0 Å². The average Bonchev–Trinajstić information content (AvgIpc) is 3.28. The van der Waals surface area contributed by atoms with Gasteiger partial charge in [-0.05, 0) is 25.7 Å². The molecule has 0 aromatic heterocycles. The Labute approximate surface area is 394 Å². The van der Waals surface area contributed by atoms with E-state index in [0.29, 0.717) is 6.61 Å². The van der Waals surface area contributed by atoms with Gasteiger partial charge in [-0.15, -0.1) is 0 Å². The van der Waals surface area contributed by atoms with Crippen molar-refractivity contribution in [2.75, 3.05) is 6.61 Å². The summed E-state index contributed by atoms with van der Waals surface area (Å²) in [5.41, 5.74) is -0.244. The van der Waals surface area contributed by atoms with Crippen LogP contribution in [0, 0.1) is 5.41 Å². The first-order valence-electron chi connectivity index (χ1n) is 29.8. The molecule has 0 aliphatic heterocycles. The molecule has 0 N–H and O–H groups in total. The highest BCUT2D eigenvalue weighted by atomic mass is 16.5. The zero-order valence-electron chi connectivity index (χ0n) is 44.0. The summed E-state index contributed by atoms with van der Waals surface area (Å²) in [7, 11) is 0. The van der Waals surface area contributed by atoms with Crippen LogP contribution < -0.4 is 0 Å². The SMILES string of the molecule is CCCCCCCCCCCCCCCCOC(=O)C(CCCCCCCCCC)(CCCCCCCCCCCCCCCC)CCCCCCCCCCCCCCCC. The minimum atomic E-state index is -0.244. The number of esters is 1. The van der Waals surface area contributed by atoms with E-state index < -0.39 is 0 Å². The molecule has 0 fully saturated rings. The summed E-state index contributed by atoms with van der Waals surface area (Å²) < 4.78 is 6.34. The topological polar surface area (TPSA) is 26.3 Å². The monoisotopic (exact) mass is 873 g/mol. The minimum absolute atomic E-state index is 0.194. The third kappa shape index (κ3) is 44.7. The van der Waals surface area contributed by atoms with Gasteiger partial charge in [-0.25, -0.2) is 0 Å². The summed E-state index contributed by atoms with van der Waals surface area (Å²) in [5, 5.41) is 0. The highest BCUT2D eigenvalue weighted by molar-refractivity contribution is 5.76. The summed E-state index contributed by atoms with van der Waals surface area (Å²) in [6.45, 7) is 9.89. The maximum atomic E-state index is 14.3. The second-order valence-corrected chi connectivity index (χ2v) is 20.9. The lowest BCUT2D eigenvalue weighted by atomic mass is 9.74. The fourth-order valence-electron chi connectivity index (χ4n) is 10.2. The standard InChI is InChI=1S/C60H120O2/c1-5-9-13-17-21-25-28-31-34-37-40-44-48-52-56-60(55-51-47-43-24-20-16-12-8-4,57-53-49-45-41-38-35-32-29-26-22-18-14-10-6-2)59(61)62-58-54-50-46-42-39-36-33-30-27-23-19-15-11-7-3/h5-58H2,1-4H3. The summed E-state index contributed by atoms with van der Waals surface area (Å²) in [5.74, 6) is 0.194. The molecule has 0 amide bonds. The largest absolute Gasteiger partial charge is 0.465 e. The average molecular weight is 874 g/mol. The van der Waals surface area contributed by atoms with Crippen molar-refractivity contribution in [2.24, 2.45) is 5.41 Å². The predicted molar refractivity (Wildman–Crippen MR) is 281 cm³/mol. The van der Waals surface area contributed by atoms with Crippen molar-refractivity contribution in [1.82, 2.24) is 0 Å². The number of hydrogen-bond donors (Lipinski definition) is 0. The third-order valence-electron chi connectivity index (χ3n) is 14.7. The van der Waals surface area contributed by atoms with Gasteiger partial charge in [0.2, 0.25) is 0 Å². The normalized spacial score (nSPS) is 11.9. The van der Waals surface area contributed by atoms with E-state index in [1.807, 2.05) is 0 Å². The Hall–Kier alpha value is -0.530. The fraction of sp³-hybridized carbons (Fsp3) is 0.983. The molecule has 0 saturated carbocycles. The first kappa shape index (κ1) is 61.5. The summed E-state index contributed by atoms with van der Waals surface area (Å²) in [6.07, 6.45) is 71.9. The van der Waals surface area contributed by atoms with Crippen molar-refractivity contribution in [3.05, 3.63) is 0 Å². The molecular formula is C60H120O2. The molecular weight excluding hydrogens is 753 g/mol. The molecule has 0 aliphatic rings. The fourth-order valence-corrected chi connectivity index (χ4v) is 10.2. The van der Waals surface area contributed by atoms with E-state index >= 15 is 0 Å². The molecule has 62 heavy (non-hydrogen) atoms. The van der Waals surface area contributed by atoms with Crippen LogP contribution in [0.25, 0.3) is 0 Å². The number of unbranched alkanes of at least 4 members (excludes halogenated alkanes) is 46. The molecule has 0 aliphatic carbocycles. The Kier molecular flexibility index (Phi) is 52.6. The maximum absolute atomic E-state index is 14.3. The number of carbonyl (C=O) groups excluding carboxylic acids is 1. The van der Waals surface area contributed by atoms with Crippen molar-refractivity contribution in [1.29, 1.82) is 0 Å². The van der Waals surface area contributed by atoms with Gasteiger partial charge in [-0.3, -0.25) is 4.79 Å². The molecule has 0 radical (unpaired) electrons. The summed E-state index contributed by atoms with van der Waals surface area (Å²) >= 11 is 0. The lowest BCUT2D eigenvalue weighted by Gasteiger charge is -2.32. The Balaban J connectivity index is 4.95. The number of rotatable bonds is 55. The first-order valence-corrected chi connectivity index (χ1v) is 29.8. The number of hydrogen-bond acceptors (Lipinski definition) is 2. The molecule has 0 aromatic rings. The van der Waals surface area contributed by atoms with Gasteiger partial charge in [0.25, 0.3) is 0 Å². The summed E-state index contributed by atoms with van der Waals surface area (Å²) in [6, 6.07) is 0. The van der Waals surface area contributed by atoms with Crippen LogP contribution in [0.4, 0.5) is 0 Å². The zero-order chi connectivity index (χ0) is 45.0. The smallest absolute Gasteiger partial charge is 0.312 e. The Morgan fingerprint density at radius 3 is 0.597 bits per heavy atom. The summed E-state index contributed by atoms with van der Waals surface area (Å²) in [4.78, 5) is 14.3. The van der Waals surface area contributed by atoms with Gasteiger partial charge in [-0.1, -0.05) is 342 Å². The Morgan fingerprint density at radius 1 is 0.242 bits per heavy atom. The van der Waals surface area contributed by atoms with E-state index in [1.54, 1.807) is 0 Å². The van der Waals surface area contributed by atoms with E-state index in [0.717, 1.165) is 25.7 Å². The van der Waals surface area contributed by atoms with Gasteiger partial charge in [-0.2, -0.15) is 0 Å². The van der Waals surface area contributed by atoms with Crippen molar-refractivity contribution in [3.8, 4) is 0 Å². The molecule has 0 rings (SSSR count).